The zero-order chi connectivity index (χ0) is 17.6. The molecule has 1 amide bonds. The molecule has 0 saturated heterocycles. The largest absolute Gasteiger partial charge is 0.481 e. The van der Waals surface area contributed by atoms with E-state index in [1.54, 1.807) is 23.0 Å². The van der Waals surface area contributed by atoms with Gasteiger partial charge in [0.05, 0.1) is 19.0 Å². The summed E-state index contributed by atoms with van der Waals surface area (Å²) in [5.74, 6) is -1.34. The minimum Gasteiger partial charge on any atom is -0.481 e. The van der Waals surface area contributed by atoms with Gasteiger partial charge in [-0.3, -0.25) is 19.4 Å². The smallest absolute Gasteiger partial charge is 0.307 e. The van der Waals surface area contributed by atoms with Crippen molar-refractivity contribution in [2.45, 2.75) is 12.6 Å². The summed E-state index contributed by atoms with van der Waals surface area (Å²) in [7, 11) is 1.36. The van der Waals surface area contributed by atoms with Crippen molar-refractivity contribution < 1.29 is 19.5 Å². The third-order valence-electron chi connectivity index (χ3n) is 4.40. The van der Waals surface area contributed by atoms with Crippen LogP contribution in [0.4, 0.5) is 0 Å². The molecule has 1 N–H and O–H groups in total. The number of benzene rings is 1. The van der Waals surface area contributed by atoms with Crippen molar-refractivity contribution in [3.05, 3.63) is 54.5 Å². The Labute approximate surface area is 143 Å². The van der Waals surface area contributed by atoms with Crippen LogP contribution in [-0.4, -0.2) is 38.7 Å². The molecule has 4 rings (SSSR count). The third-order valence-corrected chi connectivity index (χ3v) is 4.40. The van der Waals surface area contributed by atoms with Crippen LogP contribution >= 0.6 is 0 Å². The second-order valence-corrected chi connectivity index (χ2v) is 5.80. The van der Waals surface area contributed by atoms with E-state index in [0.29, 0.717) is 5.69 Å². The fourth-order valence-corrected chi connectivity index (χ4v) is 3.32. The molecule has 1 atom stereocenters. The van der Waals surface area contributed by atoms with E-state index >= 15 is 0 Å². The van der Waals surface area contributed by atoms with E-state index in [2.05, 4.69) is 4.98 Å². The summed E-state index contributed by atoms with van der Waals surface area (Å²) in [4.78, 5) is 32.9. The molecule has 0 fully saturated rings. The quantitative estimate of drug-likeness (QED) is 0.791. The van der Waals surface area contributed by atoms with Gasteiger partial charge in [0.15, 0.2) is 0 Å². The van der Waals surface area contributed by atoms with E-state index in [9.17, 15) is 14.7 Å². The van der Waals surface area contributed by atoms with Crippen molar-refractivity contribution in [1.29, 1.82) is 0 Å². The van der Waals surface area contributed by atoms with Crippen molar-refractivity contribution in [1.82, 2.24) is 14.6 Å². The van der Waals surface area contributed by atoms with Crippen molar-refractivity contribution in [2.24, 2.45) is 0 Å². The van der Waals surface area contributed by atoms with Crippen LogP contribution in [-0.2, 0) is 9.63 Å². The highest BCUT2D eigenvalue weighted by molar-refractivity contribution is 6.01. The number of aliphatic carboxylic acids is 1. The summed E-state index contributed by atoms with van der Waals surface area (Å²) in [6.45, 7) is 0. The molecule has 2 aromatic heterocycles. The van der Waals surface area contributed by atoms with Gasteiger partial charge >= 0.3 is 5.97 Å². The topological polar surface area (TPSA) is 84.7 Å². The molecular formula is C18H15N3O4. The Morgan fingerprint density at radius 2 is 1.96 bits per heavy atom. The number of carboxylic acid groups (broad SMARTS) is 1. The van der Waals surface area contributed by atoms with Gasteiger partial charge in [-0.25, -0.2) is 0 Å². The number of hydrogen-bond acceptors (Lipinski definition) is 4. The van der Waals surface area contributed by atoms with E-state index in [-0.39, 0.29) is 12.3 Å². The lowest BCUT2D eigenvalue weighted by Gasteiger charge is -2.22. The standard InChI is InChI=1S/C18H15N3O4/c1-25-21-16(10-17(22)23)20-14-8-12(11-4-6-19-7-5-11)2-3-13(14)9-15(20)18(21)24/h2-9,16H,10H2,1H3,(H,22,23). The van der Waals surface area contributed by atoms with Crippen molar-refractivity contribution in [3.63, 3.8) is 0 Å². The minimum atomic E-state index is -1.00. The van der Waals surface area contributed by atoms with Crippen molar-refractivity contribution in [3.8, 4) is 11.1 Å². The summed E-state index contributed by atoms with van der Waals surface area (Å²) >= 11 is 0. The normalized spacial score (nSPS) is 16.4. The van der Waals surface area contributed by atoms with Crippen LogP contribution in [0.25, 0.3) is 22.0 Å². The molecular weight excluding hydrogens is 322 g/mol. The highest BCUT2D eigenvalue weighted by Crippen LogP contribution is 2.37. The van der Waals surface area contributed by atoms with E-state index < -0.39 is 12.1 Å². The maximum Gasteiger partial charge on any atom is 0.307 e. The van der Waals surface area contributed by atoms with Crippen LogP contribution in [0.15, 0.2) is 48.8 Å². The summed E-state index contributed by atoms with van der Waals surface area (Å²) in [6.07, 6.45) is 2.47. The SMILES string of the molecule is CON1C(=O)c2cc3ccc(-c4ccncc4)cc3n2C1CC(=O)O. The van der Waals surface area contributed by atoms with Gasteiger partial charge in [-0.2, -0.15) is 5.06 Å². The molecule has 0 aliphatic carbocycles. The number of hydroxylamine groups is 2. The van der Waals surface area contributed by atoms with Gasteiger partial charge in [-0.1, -0.05) is 12.1 Å². The molecule has 1 aliphatic rings. The average Bonchev–Trinajstić information content (AvgIpc) is 3.11. The van der Waals surface area contributed by atoms with Crippen molar-refractivity contribution >= 4 is 22.8 Å². The number of carbonyl (C=O) groups is 2. The molecule has 3 aromatic rings. The van der Waals surface area contributed by atoms with Crippen LogP contribution in [0, 0.1) is 0 Å². The molecule has 1 aliphatic heterocycles. The molecule has 1 aromatic carbocycles. The lowest BCUT2D eigenvalue weighted by atomic mass is 10.1. The highest BCUT2D eigenvalue weighted by Gasteiger charge is 2.39. The van der Waals surface area contributed by atoms with Gasteiger partial charge < -0.3 is 9.67 Å². The van der Waals surface area contributed by atoms with Crippen LogP contribution in [0.5, 0.6) is 0 Å². The summed E-state index contributed by atoms with van der Waals surface area (Å²) in [5, 5.41) is 11.2. The Morgan fingerprint density at radius 3 is 2.64 bits per heavy atom. The predicted molar refractivity (Wildman–Crippen MR) is 89.6 cm³/mol. The predicted octanol–water partition coefficient (Wildman–Crippen LogP) is 2.69. The molecule has 7 nitrogen and oxygen atoms in total. The molecule has 126 valence electrons. The molecule has 0 bridgehead atoms. The molecule has 3 heterocycles. The van der Waals surface area contributed by atoms with Gasteiger partial charge in [0, 0.05) is 17.8 Å². The number of nitrogens with zero attached hydrogens (tertiary/aromatic N) is 3. The lowest BCUT2D eigenvalue weighted by molar-refractivity contribution is -0.153. The Bertz CT molecular complexity index is 981. The highest BCUT2D eigenvalue weighted by atomic mass is 16.7. The number of carbonyl (C=O) groups excluding carboxylic acids is 1. The average molecular weight is 337 g/mol. The second-order valence-electron chi connectivity index (χ2n) is 5.80. The van der Waals surface area contributed by atoms with Crippen LogP contribution < -0.4 is 0 Å². The first-order chi connectivity index (χ1) is 12.1. The number of pyridine rings is 1. The summed E-state index contributed by atoms with van der Waals surface area (Å²) < 4.78 is 1.74. The van der Waals surface area contributed by atoms with Crippen LogP contribution in [0.1, 0.15) is 23.1 Å². The maximum atomic E-state index is 12.5. The first-order valence-corrected chi connectivity index (χ1v) is 7.75. The molecule has 7 heteroatoms. The van der Waals surface area contributed by atoms with Gasteiger partial charge in [0.25, 0.3) is 5.91 Å². The fourth-order valence-electron chi connectivity index (χ4n) is 3.32. The zero-order valence-corrected chi connectivity index (χ0v) is 13.4. The number of hydrogen-bond donors (Lipinski definition) is 1. The number of aromatic nitrogens is 2. The Hall–Kier alpha value is -3.19. The third kappa shape index (κ3) is 2.36. The van der Waals surface area contributed by atoms with E-state index in [1.165, 1.54) is 7.11 Å². The number of amides is 1. The van der Waals surface area contributed by atoms with E-state index in [0.717, 1.165) is 27.1 Å². The van der Waals surface area contributed by atoms with E-state index in [4.69, 9.17) is 4.84 Å². The maximum absolute atomic E-state index is 12.5. The monoisotopic (exact) mass is 337 g/mol. The Balaban J connectivity index is 1.90. The number of fused-ring (bicyclic) bond motifs is 3. The van der Waals surface area contributed by atoms with Crippen LogP contribution in [0.3, 0.4) is 0 Å². The number of carboxylic acids is 1. The minimum absolute atomic E-state index is 0.240. The number of rotatable bonds is 4. The Kier molecular flexibility index (Phi) is 3.51. The van der Waals surface area contributed by atoms with Crippen molar-refractivity contribution in [2.75, 3.05) is 7.11 Å². The first kappa shape index (κ1) is 15.3. The van der Waals surface area contributed by atoms with Crippen LogP contribution in [0.2, 0.25) is 0 Å². The Morgan fingerprint density at radius 1 is 1.20 bits per heavy atom. The van der Waals surface area contributed by atoms with Gasteiger partial charge in [-0.15, -0.1) is 0 Å². The molecule has 0 saturated carbocycles. The summed E-state index contributed by atoms with van der Waals surface area (Å²) in [6, 6.07) is 11.4. The summed E-state index contributed by atoms with van der Waals surface area (Å²) in [5.41, 5.74) is 3.18. The fraction of sp³-hybridized carbons (Fsp3) is 0.167. The first-order valence-electron chi connectivity index (χ1n) is 7.75. The zero-order valence-electron chi connectivity index (χ0n) is 13.4. The van der Waals surface area contributed by atoms with Gasteiger partial charge in [-0.05, 0) is 35.4 Å². The van der Waals surface area contributed by atoms with Gasteiger partial charge in [0.1, 0.15) is 11.9 Å². The molecule has 0 spiro atoms. The molecule has 1 unspecified atom stereocenters. The van der Waals surface area contributed by atoms with Gasteiger partial charge in [0.2, 0.25) is 0 Å². The molecule has 25 heavy (non-hydrogen) atoms. The molecule has 0 radical (unpaired) electrons. The lowest BCUT2D eigenvalue weighted by Crippen LogP contribution is -2.30. The van der Waals surface area contributed by atoms with E-state index in [1.807, 2.05) is 30.3 Å². The second kappa shape index (κ2) is 5.71.